The molecule has 1 N–H and O–H groups in total. The zero-order valence-electron chi connectivity index (χ0n) is 7.76. The maximum Gasteiger partial charge on any atom is 0.141 e. The van der Waals surface area contributed by atoms with Crippen LogP contribution in [0.3, 0.4) is 0 Å². The lowest BCUT2D eigenvalue weighted by molar-refractivity contribution is 1.18. The van der Waals surface area contributed by atoms with E-state index in [1.165, 1.54) is 0 Å². The van der Waals surface area contributed by atoms with Gasteiger partial charge in [0.05, 0.1) is 5.69 Å². The summed E-state index contributed by atoms with van der Waals surface area (Å²) in [5, 5.41) is 1.08. The van der Waals surface area contributed by atoms with Crippen molar-refractivity contribution in [2.75, 3.05) is 0 Å². The van der Waals surface area contributed by atoms with Gasteiger partial charge in [0.2, 0.25) is 0 Å². The summed E-state index contributed by atoms with van der Waals surface area (Å²) in [6.07, 6.45) is 3.49. The third kappa shape index (κ3) is 1.13. The molecule has 0 fully saturated rings. The molecule has 2 aromatic rings. The first kappa shape index (κ1) is 7.98. The highest BCUT2D eigenvalue weighted by atomic mass is 14.9. The Morgan fingerprint density at radius 1 is 1.46 bits per heavy atom. The molecule has 0 atom stereocenters. The van der Waals surface area contributed by atoms with Crippen LogP contribution in [-0.2, 0) is 0 Å². The molecule has 2 heterocycles. The average molecular weight is 173 g/mol. The van der Waals surface area contributed by atoms with Crippen LogP contribution in [0.4, 0.5) is 0 Å². The van der Waals surface area contributed by atoms with E-state index in [4.69, 9.17) is 0 Å². The van der Waals surface area contributed by atoms with Gasteiger partial charge in [0.1, 0.15) is 12.0 Å². The van der Waals surface area contributed by atoms with Gasteiger partial charge < -0.3 is 4.98 Å². The quantitative estimate of drug-likeness (QED) is 0.718. The monoisotopic (exact) mass is 173 g/mol. The van der Waals surface area contributed by atoms with Crippen molar-refractivity contribution in [1.82, 2.24) is 15.0 Å². The molecular formula is C10H11N3. The van der Waals surface area contributed by atoms with E-state index in [-0.39, 0.29) is 0 Å². The van der Waals surface area contributed by atoms with E-state index >= 15 is 0 Å². The zero-order chi connectivity index (χ0) is 9.42. The SMILES string of the molecule is C=C(C)c1ncnc2[nH]cc(C)c12. The van der Waals surface area contributed by atoms with E-state index < -0.39 is 0 Å². The van der Waals surface area contributed by atoms with Gasteiger partial charge in [0.25, 0.3) is 0 Å². The highest BCUT2D eigenvalue weighted by Gasteiger charge is 2.07. The van der Waals surface area contributed by atoms with Gasteiger partial charge in [-0.15, -0.1) is 0 Å². The fourth-order valence-electron chi connectivity index (χ4n) is 1.44. The van der Waals surface area contributed by atoms with E-state index in [9.17, 15) is 0 Å². The average Bonchev–Trinajstić information content (AvgIpc) is 2.48. The lowest BCUT2D eigenvalue weighted by Crippen LogP contribution is -1.89. The van der Waals surface area contributed by atoms with Gasteiger partial charge in [0.15, 0.2) is 0 Å². The molecule has 0 aliphatic rings. The van der Waals surface area contributed by atoms with Crippen LogP contribution in [0.5, 0.6) is 0 Å². The van der Waals surface area contributed by atoms with Gasteiger partial charge in [0, 0.05) is 11.6 Å². The maximum atomic E-state index is 4.21. The van der Waals surface area contributed by atoms with Crippen molar-refractivity contribution in [2.45, 2.75) is 13.8 Å². The summed E-state index contributed by atoms with van der Waals surface area (Å²) in [7, 11) is 0. The normalized spacial score (nSPS) is 10.6. The molecule has 0 spiro atoms. The minimum Gasteiger partial charge on any atom is -0.346 e. The molecule has 2 aromatic heterocycles. The van der Waals surface area contributed by atoms with Crippen LogP contribution in [0.1, 0.15) is 18.2 Å². The lowest BCUT2D eigenvalue weighted by Gasteiger charge is -2.00. The molecule has 0 saturated carbocycles. The number of nitrogens with one attached hydrogen (secondary N) is 1. The number of aryl methyl sites for hydroxylation is 1. The number of H-pyrrole nitrogens is 1. The topological polar surface area (TPSA) is 41.6 Å². The Kier molecular flexibility index (Phi) is 1.65. The van der Waals surface area contributed by atoms with Crippen LogP contribution in [0, 0.1) is 6.92 Å². The van der Waals surface area contributed by atoms with E-state index in [0.29, 0.717) is 0 Å². The fourth-order valence-corrected chi connectivity index (χ4v) is 1.44. The lowest BCUT2D eigenvalue weighted by atomic mass is 10.1. The van der Waals surface area contributed by atoms with E-state index in [0.717, 1.165) is 27.9 Å². The van der Waals surface area contributed by atoms with Crippen LogP contribution >= 0.6 is 0 Å². The first-order valence-electron chi connectivity index (χ1n) is 4.14. The van der Waals surface area contributed by atoms with Crippen LogP contribution in [-0.4, -0.2) is 15.0 Å². The summed E-state index contributed by atoms with van der Waals surface area (Å²) in [5.41, 5.74) is 3.94. The van der Waals surface area contributed by atoms with Gasteiger partial charge in [-0.25, -0.2) is 9.97 Å². The predicted molar refractivity (Wildman–Crippen MR) is 53.3 cm³/mol. The molecule has 13 heavy (non-hydrogen) atoms. The molecule has 0 aliphatic carbocycles. The molecule has 0 aromatic carbocycles. The number of aromatic amines is 1. The Balaban J connectivity index is 2.88. The van der Waals surface area contributed by atoms with Crippen molar-refractivity contribution >= 4 is 16.6 Å². The summed E-state index contributed by atoms with van der Waals surface area (Å²) < 4.78 is 0. The molecule has 3 heteroatoms. The Morgan fingerprint density at radius 2 is 2.23 bits per heavy atom. The van der Waals surface area contributed by atoms with Crippen molar-refractivity contribution in [3.8, 4) is 0 Å². The first-order valence-corrected chi connectivity index (χ1v) is 4.14. The summed E-state index contributed by atoms with van der Waals surface area (Å²) in [6, 6.07) is 0. The van der Waals surface area contributed by atoms with Crippen molar-refractivity contribution in [2.24, 2.45) is 0 Å². The van der Waals surface area contributed by atoms with E-state index in [2.05, 4.69) is 21.5 Å². The summed E-state index contributed by atoms with van der Waals surface area (Å²) in [4.78, 5) is 11.4. The summed E-state index contributed by atoms with van der Waals surface area (Å²) in [6.45, 7) is 7.88. The van der Waals surface area contributed by atoms with Crippen molar-refractivity contribution in [3.05, 3.63) is 30.4 Å². The predicted octanol–water partition coefficient (Wildman–Crippen LogP) is 2.30. The van der Waals surface area contributed by atoms with Crippen molar-refractivity contribution < 1.29 is 0 Å². The molecule has 66 valence electrons. The third-order valence-corrected chi connectivity index (χ3v) is 2.07. The van der Waals surface area contributed by atoms with Gasteiger partial charge in [-0.3, -0.25) is 0 Å². The second-order valence-corrected chi connectivity index (χ2v) is 3.20. The number of rotatable bonds is 1. The molecule has 0 radical (unpaired) electrons. The smallest absolute Gasteiger partial charge is 0.141 e. The molecule has 0 aliphatic heterocycles. The van der Waals surface area contributed by atoms with Gasteiger partial charge >= 0.3 is 0 Å². The van der Waals surface area contributed by atoms with Gasteiger partial charge in [-0.05, 0) is 25.0 Å². The van der Waals surface area contributed by atoms with Gasteiger partial charge in [-0.2, -0.15) is 0 Å². The number of nitrogens with zero attached hydrogens (tertiary/aromatic N) is 2. The summed E-state index contributed by atoms with van der Waals surface area (Å²) >= 11 is 0. The first-order chi connectivity index (χ1) is 6.20. The molecular weight excluding hydrogens is 162 g/mol. The zero-order valence-corrected chi connectivity index (χ0v) is 7.76. The van der Waals surface area contributed by atoms with Crippen LogP contribution in [0.2, 0.25) is 0 Å². The van der Waals surface area contributed by atoms with Crippen LogP contribution < -0.4 is 0 Å². The molecule has 3 nitrogen and oxygen atoms in total. The Labute approximate surface area is 76.5 Å². The van der Waals surface area contributed by atoms with Crippen molar-refractivity contribution in [1.29, 1.82) is 0 Å². The number of aromatic nitrogens is 3. The second-order valence-electron chi connectivity index (χ2n) is 3.20. The maximum absolute atomic E-state index is 4.21. The van der Waals surface area contributed by atoms with E-state index in [1.807, 2.05) is 20.0 Å². The molecule has 0 saturated heterocycles. The Bertz CT molecular complexity index is 468. The molecule has 0 bridgehead atoms. The minimum atomic E-state index is 0.880. The fraction of sp³-hybridized carbons (Fsp3) is 0.200. The van der Waals surface area contributed by atoms with Gasteiger partial charge in [-0.1, -0.05) is 6.58 Å². The molecule has 0 amide bonds. The highest BCUT2D eigenvalue weighted by Crippen LogP contribution is 2.22. The minimum absolute atomic E-state index is 0.880. The number of hydrogen-bond donors (Lipinski definition) is 1. The van der Waals surface area contributed by atoms with Crippen LogP contribution in [0.25, 0.3) is 16.6 Å². The Morgan fingerprint density at radius 3 is 2.92 bits per heavy atom. The van der Waals surface area contributed by atoms with Crippen LogP contribution in [0.15, 0.2) is 19.1 Å². The summed E-state index contributed by atoms with van der Waals surface area (Å²) in [5.74, 6) is 0. The largest absolute Gasteiger partial charge is 0.346 e. The third-order valence-electron chi connectivity index (χ3n) is 2.07. The molecule has 0 unspecified atom stereocenters. The Hall–Kier alpha value is -1.64. The van der Waals surface area contributed by atoms with E-state index in [1.54, 1.807) is 6.33 Å². The highest BCUT2D eigenvalue weighted by molar-refractivity contribution is 5.89. The number of hydrogen-bond acceptors (Lipinski definition) is 2. The van der Waals surface area contributed by atoms with Crippen molar-refractivity contribution in [3.63, 3.8) is 0 Å². The number of allylic oxidation sites excluding steroid dienone is 1. The molecule has 2 rings (SSSR count). The second kappa shape index (κ2) is 2.69. The standard InChI is InChI=1S/C10H11N3/c1-6(2)9-8-7(3)4-11-10(8)13-5-12-9/h4-5H,1H2,2-3H3,(H,11,12,13). The number of fused-ring (bicyclic) bond motifs is 1.